The van der Waals surface area contributed by atoms with Crippen LogP contribution >= 0.6 is 0 Å². The normalized spacial score (nSPS) is 15.3. The zero-order valence-electron chi connectivity index (χ0n) is 22.5. The Kier molecular flexibility index (Phi) is 8.58. The van der Waals surface area contributed by atoms with Crippen LogP contribution < -0.4 is 5.32 Å². The average Bonchev–Trinajstić information content (AvgIpc) is 3.20. The number of allylic oxidation sites excluding steroid dienone is 3. The lowest BCUT2D eigenvalue weighted by atomic mass is 9.99. The van der Waals surface area contributed by atoms with Gasteiger partial charge in [0.1, 0.15) is 5.82 Å². The first-order chi connectivity index (χ1) is 18.8. The highest BCUT2D eigenvalue weighted by Gasteiger charge is 2.22. The molecule has 3 aromatic carbocycles. The molecule has 196 valence electrons. The van der Waals surface area contributed by atoms with E-state index in [1.165, 1.54) is 12.1 Å². The molecule has 1 N–H and O–H groups in total. The van der Waals surface area contributed by atoms with Crippen LogP contribution in [0.4, 0.5) is 4.39 Å². The van der Waals surface area contributed by atoms with E-state index in [9.17, 15) is 14.4 Å². The maximum Gasteiger partial charge on any atom is 0.251 e. The predicted molar refractivity (Wildman–Crippen MR) is 155 cm³/mol. The molecule has 1 aliphatic heterocycles. The van der Waals surface area contributed by atoms with E-state index in [2.05, 4.69) is 61.0 Å². The molecular formula is C34H32FN3O. The van der Waals surface area contributed by atoms with Crippen molar-refractivity contribution in [3.8, 4) is 17.2 Å². The summed E-state index contributed by atoms with van der Waals surface area (Å²) in [6, 6.07) is 24.1. The fourth-order valence-corrected chi connectivity index (χ4v) is 4.73. The van der Waals surface area contributed by atoms with Crippen molar-refractivity contribution in [2.75, 3.05) is 6.54 Å². The van der Waals surface area contributed by atoms with Gasteiger partial charge in [-0.25, -0.2) is 4.39 Å². The van der Waals surface area contributed by atoms with Crippen LogP contribution in [0.15, 0.2) is 120 Å². The molecule has 0 saturated carbocycles. The van der Waals surface area contributed by atoms with Crippen molar-refractivity contribution in [3.05, 3.63) is 143 Å². The Morgan fingerprint density at radius 1 is 1.13 bits per heavy atom. The molecule has 0 spiro atoms. The number of amides is 1. The van der Waals surface area contributed by atoms with Crippen LogP contribution in [-0.4, -0.2) is 17.4 Å². The van der Waals surface area contributed by atoms with Gasteiger partial charge < -0.3 is 10.2 Å². The topological polar surface area (TPSA) is 56.1 Å². The number of carbonyl (C=O) groups is 1. The van der Waals surface area contributed by atoms with Crippen molar-refractivity contribution in [2.45, 2.75) is 33.4 Å². The second kappa shape index (κ2) is 12.2. The van der Waals surface area contributed by atoms with E-state index < -0.39 is 0 Å². The van der Waals surface area contributed by atoms with Gasteiger partial charge in [-0.15, -0.1) is 0 Å². The second-order valence-electron chi connectivity index (χ2n) is 9.70. The molecule has 0 saturated heterocycles. The maximum absolute atomic E-state index is 13.6. The van der Waals surface area contributed by atoms with Crippen molar-refractivity contribution in [1.82, 2.24) is 10.2 Å². The summed E-state index contributed by atoms with van der Waals surface area (Å²) < 4.78 is 13.6. The lowest BCUT2D eigenvalue weighted by Crippen LogP contribution is -2.28. The van der Waals surface area contributed by atoms with E-state index in [4.69, 9.17) is 0 Å². The van der Waals surface area contributed by atoms with Crippen molar-refractivity contribution in [3.63, 3.8) is 0 Å². The van der Waals surface area contributed by atoms with Gasteiger partial charge in [-0.3, -0.25) is 4.79 Å². The van der Waals surface area contributed by atoms with Gasteiger partial charge in [-0.05, 0) is 78.4 Å². The molecular weight excluding hydrogens is 485 g/mol. The summed E-state index contributed by atoms with van der Waals surface area (Å²) in [5.41, 5.74) is 8.32. The highest BCUT2D eigenvalue weighted by molar-refractivity contribution is 5.97. The Hall–Kier alpha value is -4.69. The molecule has 0 aromatic heterocycles. The molecule has 39 heavy (non-hydrogen) atoms. The second-order valence-corrected chi connectivity index (χ2v) is 9.70. The van der Waals surface area contributed by atoms with E-state index in [-0.39, 0.29) is 17.8 Å². The fourth-order valence-electron chi connectivity index (χ4n) is 4.73. The van der Waals surface area contributed by atoms with Crippen LogP contribution in [0.2, 0.25) is 0 Å². The summed E-state index contributed by atoms with van der Waals surface area (Å²) in [6.07, 6.45) is 5.21. The van der Waals surface area contributed by atoms with Crippen LogP contribution in [0, 0.1) is 17.1 Å². The minimum atomic E-state index is -0.346. The summed E-state index contributed by atoms with van der Waals surface area (Å²) in [6.45, 7) is 11.2. The third kappa shape index (κ3) is 6.42. The Bertz CT molecular complexity index is 1520. The molecule has 1 amide bonds. The minimum Gasteiger partial charge on any atom is -0.366 e. The lowest BCUT2D eigenvalue weighted by Gasteiger charge is -2.20. The number of hydrogen-bond acceptors (Lipinski definition) is 3. The van der Waals surface area contributed by atoms with Crippen LogP contribution in [0.1, 0.15) is 43.5 Å². The zero-order chi connectivity index (χ0) is 27.9. The monoisotopic (exact) mass is 517 g/mol. The van der Waals surface area contributed by atoms with Gasteiger partial charge in [0.25, 0.3) is 5.91 Å². The van der Waals surface area contributed by atoms with E-state index in [0.717, 1.165) is 40.1 Å². The first-order valence-corrected chi connectivity index (χ1v) is 12.9. The molecule has 0 unspecified atom stereocenters. The summed E-state index contributed by atoms with van der Waals surface area (Å²) in [5, 5.41) is 12.4. The van der Waals surface area contributed by atoms with Gasteiger partial charge >= 0.3 is 0 Å². The van der Waals surface area contributed by atoms with Crippen LogP contribution in [-0.2, 0) is 11.3 Å². The maximum atomic E-state index is 13.6. The summed E-state index contributed by atoms with van der Waals surface area (Å²) in [4.78, 5) is 15.4. The van der Waals surface area contributed by atoms with Crippen LogP contribution in [0.5, 0.6) is 0 Å². The number of carbonyl (C=O) groups excluding carboxylic acids is 1. The SMILES string of the molecule is C=C/C=C(\C=C1/CN(Cc2ccc(-c3ccccc3C#N)cc2)C(C)=C1C)C(=O)N[C@@H](C)c1cccc(F)c1. The Morgan fingerprint density at radius 2 is 1.87 bits per heavy atom. The van der Waals surface area contributed by atoms with E-state index >= 15 is 0 Å². The van der Waals surface area contributed by atoms with E-state index in [1.807, 2.05) is 37.3 Å². The largest absolute Gasteiger partial charge is 0.366 e. The molecule has 4 nitrogen and oxygen atoms in total. The number of nitriles is 1. The number of hydrogen-bond donors (Lipinski definition) is 1. The van der Waals surface area contributed by atoms with Gasteiger partial charge in [0.05, 0.1) is 17.7 Å². The van der Waals surface area contributed by atoms with E-state index in [1.54, 1.807) is 24.3 Å². The molecule has 0 radical (unpaired) electrons. The molecule has 0 bridgehead atoms. The van der Waals surface area contributed by atoms with Crippen LogP contribution in [0.25, 0.3) is 11.1 Å². The number of nitrogens with zero attached hydrogens (tertiary/aromatic N) is 2. The van der Waals surface area contributed by atoms with Gasteiger partial charge in [0.2, 0.25) is 0 Å². The molecule has 1 aliphatic rings. The minimum absolute atomic E-state index is 0.240. The quantitative estimate of drug-likeness (QED) is 0.250. The zero-order valence-corrected chi connectivity index (χ0v) is 22.5. The van der Waals surface area contributed by atoms with Crippen molar-refractivity contribution in [2.24, 2.45) is 0 Å². The van der Waals surface area contributed by atoms with Crippen molar-refractivity contribution >= 4 is 5.91 Å². The van der Waals surface area contributed by atoms with E-state index in [0.29, 0.717) is 23.2 Å². The molecule has 1 atom stereocenters. The molecule has 4 rings (SSSR count). The number of nitrogens with one attached hydrogen (secondary N) is 1. The van der Waals surface area contributed by atoms with Gasteiger partial charge in [-0.1, -0.05) is 73.3 Å². The van der Waals surface area contributed by atoms with Crippen LogP contribution in [0.3, 0.4) is 0 Å². The highest BCUT2D eigenvalue weighted by atomic mass is 19.1. The number of benzene rings is 3. The summed E-state index contributed by atoms with van der Waals surface area (Å²) in [5.74, 6) is -0.571. The van der Waals surface area contributed by atoms with Gasteiger partial charge in [0, 0.05) is 24.4 Å². The number of halogens is 1. The fraction of sp³-hybridized carbons (Fsp3) is 0.176. The van der Waals surface area contributed by atoms with Crippen molar-refractivity contribution < 1.29 is 9.18 Å². The van der Waals surface area contributed by atoms with Gasteiger partial charge in [0.15, 0.2) is 0 Å². The molecule has 3 aromatic rings. The Morgan fingerprint density at radius 3 is 2.56 bits per heavy atom. The predicted octanol–water partition coefficient (Wildman–Crippen LogP) is 7.39. The molecule has 5 heteroatoms. The third-order valence-corrected chi connectivity index (χ3v) is 7.13. The Balaban J connectivity index is 1.47. The first kappa shape index (κ1) is 27.3. The lowest BCUT2D eigenvalue weighted by molar-refractivity contribution is -0.117. The van der Waals surface area contributed by atoms with Crippen molar-refractivity contribution in [1.29, 1.82) is 5.26 Å². The standard InChI is InChI=1S/C34H32FN3O/c1-5-9-29(34(39)37-24(3)28-11-8-12-32(35)19-28)18-31-22-38(25(4)23(31)2)21-26-14-16-27(17-15-26)33-13-7-6-10-30(33)20-36/h5-19,24H,1,21-22H2,2-4H3,(H,37,39)/b29-9+,31-18+/t24-/m0/s1. The molecule has 0 fully saturated rings. The summed E-state index contributed by atoms with van der Waals surface area (Å²) >= 11 is 0. The molecule has 0 aliphatic carbocycles. The first-order valence-electron chi connectivity index (χ1n) is 12.9. The molecule has 1 heterocycles. The Labute approximate surface area is 230 Å². The summed E-state index contributed by atoms with van der Waals surface area (Å²) in [7, 11) is 0. The number of rotatable bonds is 8. The van der Waals surface area contributed by atoms with Gasteiger partial charge in [-0.2, -0.15) is 5.26 Å². The highest BCUT2D eigenvalue weighted by Crippen LogP contribution is 2.31. The smallest absolute Gasteiger partial charge is 0.251 e. The third-order valence-electron chi connectivity index (χ3n) is 7.13. The average molecular weight is 518 g/mol.